The van der Waals surface area contributed by atoms with Crippen molar-refractivity contribution in [3.63, 3.8) is 0 Å². The molecule has 0 atom stereocenters. The summed E-state index contributed by atoms with van der Waals surface area (Å²) in [6.07, 6.45) is 1.48. The van der Waals surface area contributed by atoms with Crippen LogP contribution in [0.3, 0.4) is 0 Å². The van der Waals surface area contributed by atoms with Crippen LogP contribution >= 0.6 is 35.0 Å². The second kappa shape index (κ2) is 7.49. The Balaban J connectivity index is 1.89. The Labute approximate surface area is 162 Å². The highest BCUT2D eigenvalue weighted by Crippen LogP contribution is 2.36. The second-order valence-electron chi connectivity index (χ2n) is 5.30. The van der Waals surface area contributed by atoms with Gasteiger partial charge in [0, 0.05) is 11.6 Å². The summed E-state index contributed by atoms with van der Waals surface area (Å²) in [5.41, 5.74) is 0.644. The van der Waals surface area contributed by atoms with E-state index < -0.39 is 16.1 Å². The van der Waals surface area contributed by atoms with Crippen LogP contribution in [0.1, 0.15) is 11.1 Å². The van der Waals surface area contributed by atoms with Crippen molar-refractivity contribution in [3.8, 4) is 0 Å². The number of benzene rings is 2. The van der Waals surface area contributed by atoms with Gasteiger partial charge in [-0.1, -0.05) is 53.5 Å². The first-order chi connectivity index (χ1) is 12.4. The first kappa shape index (κ1) is 18.4. The molecular formula is C17H10Cl2N2O4S. The molecule has 132 valence electrons. The van der Waals surface area contributed by atoms with Gasteiger partial charge in [0.25, 0.3) is 16.8 Å². The van der Waals surface area contributed by atoms with E-state index in [4.69, 9.17) is 23.2 Å². The quantitative estimate of drug-likeness (QED) is 0.397. The number of amides is 2. The van der Waals surface area contributed by atoms with Crippen LogP contribution in [-0.4, -0.2) is 21.0 Å². The Hall–Kier alpha value is -2.35. The van der Waals surface area contributed by atoms with Crippen LogP contribution in [0.4, 0.5) is 10.5 Å². The van der Waals surface area contributed by atoms with Gasteiger partial charge in [-0.2, -0.15) is 0 Å². The summed E-state index contributed by atoms with van der Waals surface area (Å²) in [7, 11) is 0. The molecular weight excluding hydrogens is 399 g/mol. The second-order valence-corrected chi connectivity index (χ2v) is 7.08. The monoisotopic (exact) mass is 408 g/mol. The van der Waals surface area contributed by atoms with Crippen molar-refractivity contribution in [2.45, 2.75) is 6.54 Å². The SMILES string of the molecule is O=C1S/C(=C/c2cccc(Cl)c2Cl)C(=O)N1Cc1ccccc1[N+](=O)[O-]. The molecule has 0 aromatic heterocycles. The van der Waals surface area contributed by atoms with Crippen molar-refractivity contribution in [2.24, 2.45) is 0 Å². The normalized spacial score (nSPS) is 15.8. The number of nitro benzene ring substituents is 1. The third kappa shape index (κ3) is 3.60. The Bertz CT molecular complexity index is 962. The minimum atomic E-state index is -0.546. The molecule has 0 bridgehead atoms. The lowest BCUT2D eigenvalue weighted by Crippen LogP contribution is -2.27. The minimum Gasteiger partial charge on any atom is -0.268 e. The van der Waals surface area contributed by atoms with Gasteiger partial charge in [0.2, 0.25) is 0 Å². The zero-order valence-electron chi connectivity index (χ0n) is 13.0. The van der Waals surface area contributed by atoms with Crippen LogP contribution in [0.2, 0.25) is 10.0 Å². The third-order valence-electron chi connectivity index (χ3n) is 3.66. The van der Waals surface area contributed by atoms with Gasteiger partial charge >= 0.3 is 0 Å². The van der Waals surface area contributed by atoms with Gasteiger partial charge in [-0.25, -0.2) is 0 Å². The molecule has 2 aromatic rings. The maximum Gasteiger partial charge on any atom is 0.293 e. The highest BCUT2D eigenvalue weighted by Gasteiger charge is 2.36. The van der Waals surface area contributed by atoms with E-state index in [-0.39, 0.29) is 27.7 Å². The van der Waals surface area contributed by atoms with Gasteiger partial charge in [-0.3, -0.25) is 24.6 Å². The van der Waals surface area contributed by atoms with Crippen molar-refractivity contribution >= 4 is 57.9 Å². The molecule has 0 spiro atoms. The summed E-state index contributed by atoms with van der Waals surface area (Å²) in [5.74, 6) is -0.533. The molecule has 0 N–H and O–H groups in total. The van der Waals surface area contributed by atoms with Crippen LogP contribution in [0.5, 0.6) is 0 Å². The van der Waals surface area contributed by atoms with E-state index in [9.17, 15) is 19.7 Å². The number of imide groups is 1. The van der Waals surface area contributed by atoms with Gasteiger partial charge in [0.15, 0.2) is 0 Å². The molecule has 1 aliphatic rings. The fourth-order valence-corrected chi connectivity index (χ4v) is 3.59. The van der Waals surface area contributed by atoms with Crippen molar-refractivity contribution in [3.05, 3.63) is 78.7 Å². The predicted octanol–water partition coefficient (Wildman–Crippen LogP) is 5.14. The molecule has 1 aliphatic heterocycles. The minimum absolute atomic E-state index is 0.145. The Morgan fingerprint density at radius 1 is 1.12 bits per heavy atom. The fraction of sp³-hybridized carbons (Fsp3) is 0.0588. The molecule has 0 saturated carbocycles. The summed E-state index contributed by atoms with van der Waals surface area (Å²) >= 11 is 12.8. The first-order valence-electron chi connectivity index (χ1n) is 7.30. The van der Waals surface area contributed by atoms with Gasteiger partial charge in [-0.15, -0.1) is 0 Å². The lowest BCUT2D eigenvalue weighted by atomic mass is 10.1. The summed E-state index contributed by atoms with van der Waals surface area (Å²) in [6.45, 7) is -0.178. The van der Waals surface area contributed by atoms with Crippen molar-refractivity contribution in [1.29, 1.82) is 0 Å². The molecule has 1 heterocycles. The predicted molar refractivity (Wildman–Crippen MR) is 101 cm³/mol. The third-order valence-corrected chi connectivity index (χ3v) is 5.40. The molecule has 26 heavy (non-hydrogen) atoms. The van der Waals surface area contributed by atoms with Gasteiger partial charge in [-0.05, 0) is 29.5 Å². The van der Waals surface area contributed by atoms with E-state index in [0.717, 1.165) is 16.7 Å². The number of rotatable bonds is 4. The first-order valence-corrected chi connectivity index (χ1v) is 8.87. The smallest absolute Gasteiger partial charge is 0.268 e. The zero-order chi connectivity index (χ0) is 18.8. The molecule has 0 unspecified atom stereocenters. The number of hydrogen-bond acceptors (Lipinski definition) is 5. The molecule has 2 aromatic carbocycles. The van der Waals surface area contributed by atoms with E-state index in [0.29, 0.717) is 10.6 Å². The number of carbonyl (C=O) groups excluding carboxylic acids is 2. The van der Waals surface area contributed by atoms with Crippen LogP contribution in [0, 0.1) is 10.1 Å². The average Bonchev–Trinajstić information content (AvgIpc) is 2.87. The van der Waals surface area contributed by atoms with Gasteiger partial charge in [0.05, 0.1) is 26.4 Å². The standard InChI is InChI=1S/C17H10Cl2N2O4S/c18-12-6-3-5-10(15(12)19)8-14-16(22)20(17(23)26-14)9-11-4-1-2-7-13(11)21(24)25/h1-8H,9H2/b14-8+. The maximum absolute atomic E-state index is 12.6. The van der Waals surface area contributed by atoms with Crippen LogP contribution in [-0.2, 0) is 11.3 Å². The Morgan fingerprint density at radius 3 is 2.58 bits per heavy atom. The summed E-state index contributed by atoms with van der Waals surface area (Å²) in [5, 5.41) is 11.2. The lowest BCUT2D eigenvalue weighted by molar-refractivity contribution is -0.385. The zero-order valence-corrected chi connectivity index (χ0v) is 15.3. The number of nitrogens with zero attached hydrogens (tertiary/aromatic N) is 2. The summed E-state index contributed by atoms with van der Waals surface area (Å²) in [4.78, 5) is 36.5. The van der Waals surface area contributed by atoms with Crippen molar-refractivity contribution in [1.82, 2.24) is 4.90 Å². The summed E-state index contributed by atoms with van der Waals surface area (Å²) in [6, 6.07) is 10.9. The summed E-state index contributed by atoms with van der Waals surface area (Å²) < 4.78 is 0. The number of nitro groups is 1. The molecule has 0 aliphatic carbocycles. The molecule has 1 saturated heterocycles. The average molecular weight is 409 g/mol. The van der Waals surface area contributed by atoms with Crippen LogP contribution in [0.15, 0.2) is 47.4 Å². The highest BCUT2D eigenvalue weighted by molar-refractivity contribution is 8.18. The van der Waals surface area contributed by atoms with Gasteiger partial charge in [0.1, 0.15) is 0 Å². The number of hydrogen-bond donors (Lipinski definition) is 0. The largest absolute Gasteiger partial charge is 0.293 e. The molecule has 3 rings (SSSR count). The fourth-order valence-electron chi connectivity index (χ4n) is 2.40. The highest BCUT2D eigenvalue weighted by atomic mass is 35.5. The van der Waals surface area contributed by atoms with E-state index in [1.807, 2.05) is 0 Å². The van der Waals surface area contributed by atoms with E-state index in [1.165, 1.54) is 24.3 Å². The van der Waals surface area contributed by atoms with Gasteiger partial charge < -0.3 is 0 Å². The van der Waals surface area contributed by atoms with E-state index in [2.05, 4.69) is 0 Å². The number of carbonyl (C=O) groups is 2. The topological polar surface area (TPSA) is 80.5 Å². The molecule has 0 radical (unpaired) electrons. The number of thioether (sulfide) groups is 1. The molecule has 2 amide bonds. The Morgan fingerprint density at radius 2 is 1.85 bits per heavy atom. The molecule has 6 nitrogen and oxygen atoms in total. The van der Waals surface area contributed by atoms with Crippen LogP contribution < -0.4 is 0 Å². The van der Waals surface area contributed by atoms with Crippen molar-refractivity contribution < 1.29 is 14.5 Å². The van der Waals surface area contributed by atoms with Crippen LogP contribution in [0.25, 0.3) is 6.08 Å². The lowest BCUT2D eigenvalue weighted by Gasteiger charge is -2.12. The molecule has 9 heteroatoms. The van der Waals surface area contributed by atoms with E-state index >= 15 is 0 Å². The number of halogens is 2. The molecule has 1 fully saturated rings. The van der Waals surface area contributed by atoms with Crippen molar-refractivity contribution in [2.75, 3.05) is 0 Å². The maximum atomic E-state index is 12.6. The van der Waals surface area contributed by atoms with E-state index in [1.54, 1.807) is 24.3 Å². The number of para-hydroxylation sites is 1. The Kier molecular flexibility index (Phi) is 5.31.